The second-order valence-electron chi connectivity index (χ2n) is 5.42. The third kappa shape index (κ3) is 4.07. The quantitative estimate of drug-likeness (QED) is 0.787. The van der Waals surface area contributed by atoms with Crippen molar-refractivity contribution in [3.8, 4) is 0 Å². The highest BCUT2D eigenvalue weighted by atomic mass is 32.1. The Labute approximate surface area is 148 Å². The summed E-state index contributed by atoms with van der Waals surface area (Å²) in [6, 6.07) is 16.2. The Morgan fingerprint density at radius 3 is 2.44 bits per heavy atom. The molecule has 6 nitrogen and oxygen atoms in total. The maximum Gasteiger partial charge on any atom is 0.286 e. The molecule has 0 unspecified atom stereocenters. The minimum absolute atomic E-state index is 0.239. The maximum absolute atomic E-state index is 12.3. The number of benzene rings is 2. The number of anilines is 1. The number of aromatic nitrogens is 2. The molecule has 0 aliphatic rings. The lowest BCUT2D eigenvalue weighted by Crippen LogP contribution is -2.15. The molecule has 0 atom stereocenters. The van der Waals surface area contributed by atoms with Crippen LogP contribution in [0.5, 0.6) is 0 Å². The Morgan fingerprint density at radius 2 is 1.76 bits per heavy atom. The van der Waals surface area contributed by atoms with Gasteiger partial charge in [0, 0.05) is 18.3 Å². The van der Waals surface area contributed by atoms with Gasteiger partial charge in [-0.15, -0.1) is 0 Å². The van der Waals surface area contributed by atoms with Crippen LogP contribution in [0.2, 0.25) is 0 Å². The van der Waals surface area contributed by atoms with Gasteiger partial charge in [-0.1, -0.05) is 47.2 Å². The first-order valence-electron chi connectivity index (χ1n) is 7.59. The van der Waals surface area contributed by atoms with Crippen LogP contribution in [0.1, 0.15) is 25.7 Å². The smallest absolute Gasteiger partial charge is 0.286 e. The zero-order chi connectivity index (χ0) is 17.8. The SMILES string of the molecule is Cc1ccc(NC(=O)c2nn(C)c(=NC(=O)c3ccccc3)s2)cc1. The molecular formula is C18H16N4O2S. The fourth-order valence-electron chi connectivity index (χ4n) is 2.09. The van der Waals surface area contributed by atoms with Crippen LogP contribution in [0.25, 0.3) is 0 Å². The van der Waals surface area contributed by atoms with E-state index in [1.165, 1.54) is 4.68 Å². The summed E-state index contributed by atoms with van der Waals surface area (Å²) in [6.07, 6.45) is 0. The van der Waals surface area contributed by atoms with Crippen molar-refractivity contribution in [1.82, 2.24) is 9.78 Å². The zero-order valence-corrected chi connectivity index (χ0v) is 14.6. The van der Waals surface area contributed by atoms with Crippen molar-refractivity contribution in [3.05, 3.63) is 75.5 Å². The van der Waals surface area contributed by atoms with Crippen LogP contribution in [0.3, 0.4) is 0 Å². The van der Waals surface area contributed by atoms with Gasteiger partial charge in [0.1, 0.15) is 0 Å². The fourth-order valence-corrected chi connectivity index (χ4v) is 2.87. The summed E-state index contributed by atoms with van der Waals surface area (Å²) in [5.74, 6) is -0.705. The Hall–Kier alpha value is -3.06. The number of hydrogen-bond donors (Lipinski definition) is 1. The van der Waals surface area contributed by atoms with Crippen LogP contribution in [0, 0.1) is 6.92 Å². The van der Waals surface area contributed by atoms with E-state index in [9.17, 15) is 9.59 Å². The molecule has 0 fully saturated rings. The molecule has 0 aliphatic carbocycles. The van der Waals surface area contributed by atoms with E-state index in [1.54, 1.807) is 31.3 Å². The highest BCUT2D eigenvalue weighted by Crippen LogP contribution is 2.11. The minimum atomic E-state index is -0.370. The molecule has 1 aromatic heterocycles. The van der Waals surface area contributed by atoms with E-state index >= 15 is 0 Å². The number of nitrogens with zero attached hydrogens (tertiary/aromatic N) is 3. The van der Waals surface area contributed by atoms with Crippen molar-refractivity contribution in [1.29, 1.82) is 0 Å². The van der Waals surface area contributed by atoms with Crippen LogP contribution in [-0.2, 0) is 7.05 Å². The Kier molecular flexibility index (Phi) is 4.85. The molecule has 0 aliphatic heterocycles. The van der Waals surface area contributed by atoms with Gasteiger partial charge in [0.2, 0.25) is 9.81 Å². The Morgan fingerprint density at radius 1 is 1.08 bits per heavy atom. The highest BCUT2D eigenvalue weighted by molar-refractivity contribution is 7.11. The molecule has 3 rings (SSSR count). The van der Waals surface area contributed by atoms with Crippen LogP contribution in [-0.4, -0.2) is 21.6 Å². The molecule has 25 heavy (non-hydrogen) atoms. The number of carbonyl (C=O) groups excluding carboxylic acids is 2. The van der Waals surface area contributed by atoms with Gasteiger partial charge in [0.25, 0.3) is 11.8 Å². The molecule has 0 saturated carbocycles. The largest absolute Gasteiger partial charge is 0.320 e. The summed E-state index contributed by atoms with van der Waals surface area (Å²) < 4.78 is 1.43. The van der Waals surface area contributed by atoms with Crippen molar-refractivity contribution in [2.75, 3.05) is 5.32 Å². The van der Waals surface area contributed by atoms with E-state index < -0.39 is 0 Å². The van der Waals surface area contributed by atoms with Crippen molar-refractivity contribution >= 4 is 28.8 Å². The second-order valence-corrected chi connectivity index (χ2v) is 6.37. The fraction of sp³-hybridized carbons (Fsp3) is 0.111. The maximum atomic E-state index is 12.3. The molecule has 0 radical (unpaired) electrons. The molecule has 0 saturated heterocycles. The number of hydrogen-bond acceptors (Lipinski definition) is 4. The van der Waals surface area contributed by atoms with E-state index in [2.05, 4.69) is 15.4 Å². The van der Waals surface area contributed by atoms with Gasteiger partial charge < -0.3 is 5.32 Å². The second kappa shape index (κ2) is 7.23. The number of aryl methyl sites for hydroxylation is 2. The molecule has 2 aromatic carbocycles. The normalized spacial score (nSPS) is 11.4. The Bertz CT molecular complexity index is 972. The van der Waals surface area contributed by atoms with Crippen molar-refractivity contribution in [2.45, 2.75) is 6.92 Å². The van der Waals surface area contributed by atoms with Gasteiger partial charge in [-0.05, 0) is 31.2 Å². The summed E-state index contributed by atoms with van der Waals surface area (Å²) in [7, 11) is 1.65. The Balaban J connectivity index is 1.82. The molecule has 126 valence electrons. The molecule has 1 N–H and O–H groups in total. The predicted octanol–water partition coefficient (Wildman–Crippen LogP) is 2.78. The zero-order valence-electron chi connectivity index (χ0n) is 13.8. The van der Waals surface area contributed by atoms with Crippen LogP contribution < -0.4 is 10.1 Å². The van der Waals surface area contributed by atoms with E-state index in [-0.39, 0.29) is 16.8 Å². The van der Waals surface area contributed by atoms with E-state index in [4.69, 9.17) is 0 Å². The first kappa shape index (κ1) is 16.8. The molecule has 1 heterocycles. The first-order valence-corrected chi connectivity index (χ1v) is 8.41. The third-order valence-electron chi connectivity index (χ3n) is 3.43. The van der Waals surface area contributed by atoms with E-state index in [0.29, 0.717) is 16.1 Å². The number of rotatable bonds is 3. The van der Waals surface area contributed by atoms with Gasteiger partial charge in [-0.25, -0.2) is 4.68 Å². The standard InChI is InChI=1S/C18H16N4O2S/c1-12-8-10-14(11-9-12)19-16(24)17-21-22(2)18(25-17)20-15(23)13-6-4-3-5-7-13/h3-11H,1-2H3,(H,19,24). The van der Waals surface area contributed by atoms with Gasteiger partial charge in [0.05, 0.1) is 0 Å². The molecule has 2 amide bonds. The third-order valence-corrected chi connectivity index (χ3v) is 4.43. The summed E-state index contributed by atoms with van der Waals surface area (Å²) in [4.78, 5) is 28.9. The van der Waals surface area contributed by atoms with Gasteiger partial charge in [-0.2, -0.15) is 10.1 Å². The number of carbonyl (C=O) groups is 2. The number of nitrogens with one attached hydrogen (secondary N) is 1. The summed E-state index contributed by atoms with van der Waals surface area (Å²) in [6.45, 7) is 1.98. The topological polar surface area (TPSA) is 76.3 Å². The lowest BCUT2D eigenvalue weighted by Gasteiger charge is -2.02. The van der Waals surface area contributed by atoms with Crippen LogP contribution in [0.15, 0.2) is 59.6 Å². The average Bonchev–Trinajstić information content (AvgIpc) is 2.98. The molecule has 0 spiro atoms. The average molecular weight is 352 g/mol. The van der Waals surface area contributed by atoms with E-state index in [0.717, 1.165) is 16.9 Å². The summed E-state index contributed by atoms with van der Waals surface area (Å²) in [5, 5.41) is 7.17. The summed E-state index contributed by atoms with van der Waals surface area (Å²) >= 11 is 1.07. The molecule has 3 aromatic rings. The monoisotopic (exact) mass is 352 g/mol. The predicted molar refractivity (Wildman–Crippen MR) is 96.6 cm³/mol. The molecular weight excluding hydrogens is 336 g/mol. The lowest BCUT2D eigenvalue weighted by molar-refractivity contribution is 0.0995. The number of amides is 2. The van der Waals surface area contributed by atoms with Crippen molar-refractivity contribution < 1.29 is 9.59 Å². The van der Waals surface area contributed by atoms with Crippen molar-refractivity contribution in [2.24, 2.45) is 12.0 Å². The van der Waals surface area contributed by atoms with Gasteiger partial charge in [-0.3, -0.25) is 9.59 Å². The van der Waals surface area contributed by atoms with Gasteiger partial charge >= 0.3 is 0 Å². The lowest BCUT2D eigenvalue weighted by atomic mass is 10.2. The molecule has 7 heteroatoms. The highest BCUT2D eigenvalue weighted by Gasteiger charge is 2.13. The minimum Gasteiger partial charge on any atom is -0.320 e. The van der Waals surface area contributed by atoms with Crippen LogP contribution in [0.4, 0.5) is 5.69 Å². The summed E-state index contributed by atoms with van der Waals surface area (Å²) in [5.41, 5.74) is 2.29. The van der Waals surface area contributed by atoms with Crippen LogP contribution >= 0.6 is 11.3 Å². The first-order chi connectivity index (χ1) is 12.0. The van der Waals surface area contributed by atoms with E-state index in [1.807, 2.05) is 37.3 Å². The molecule has 0 bridgehead atoms. The van der Waals surface area contributed by atoms with Gasteiger partial charge in [0.15, 0.2) is 0 Å². The van der Waals surface area contributed by atoms with Crippen molar-refractivity contribution in [3.63, 3.8) is 0 Å².